The second kappa shape index (κ2) is 2.65. The highest BCUT2D eigenvalue weighted by molar-refractivity contribution is 8.07. The van der Waals surface area contributed by atoms with Crippen molar-refractivity contribution in [2.75, 3.05) is 0 Å². The van der Waals surface area contributed by atoms with Gasteiger partial charge in [-0.2, -0.15) is 5.10 Å². The third-order valence-corrected chi connectivity index (χ3v) is 4.11. The zero-order chi connectivity index (χ0) is 9.41. The number of hydrogen-bond acceptors (Lipinski definition) is 4. The van der Waals surface area contributed by atoms with Crippen molar-refractivity contribution in [1.29, 1.82) is 0 Å². The summed E-state index contributed by atoms with van der Waals surface area (Å²) in [6.07, 6.45) is 1.83. The van der Waals surface area contributed by atoms with E-state index in [1.54, 1.807) is 20.8 Å². The van der Waals surface area contributed by atoms with Crippen LogP contribution in [0.3, 0.4) is 0 Å². The van der Waals surface area contributed by atoms with E-state index in [9.17, 15) is 8.42 Å². The molecule has 0 bridgehead atoms. The second-order valence-electron chi connectivity index (χ2n) is 3.61. The first-order valence-electron chi connectivity index (χ1n) is 3.69. The molecule has 0 spiro atoms. The van der Waals surface area contributed by atoms with E-state index in [0.29, 0.717) is 6.42 Å². The topological polar surface area (TPSA) is 58.9 Å². The van der Waals surface area contributed by atoms with Gasteiger partial charge in [-0.05, 0) is 20.8 Å². The molecular weight excluding hydrogens is 176 g/mol. The van der Waals surface area contributed by atoms with E-state index in [1.807, 2.05) is 0 Å². The maximum atomic E-state index is 11.6. The molecule has 0 atom stereocenters. The molecule has 1 rings (SSSR count). The minimum atomic E-state index is -3.25. The monoisotopic (exact) mass is 188 g/mol. The molecule has 1 aliphatic heterocycles. The average molecular weight is 188 g/mol. The van der Waals surface area contributed by atoms with Gasteiger partial charge in [0.15, 0.2) is 14.9 Å². The zero-order valence-corrected chi connectivity index (χ0v) is 8.22. The molecule has 0 radical (unpaired) electrons. The van der Waals surface area contributed by atoms with E-state index in [2.05, 4.69) is 10.2 Å². The Bertz CT molecular complexity index is 333. The zero-order valence-electron chi connectivity index (χ0n) is 7.40. The first-order chi connectivity index (χ1) is 5.36. The third kappa shape index (κ3) is 1.41. The minimum Gasteiger partial charge on any atom is -0.222 e. The van der Waals surface area contributed by atoms with E-state index >= 15 is 0 Å². The summed E-state index contributed by atoms with van der Waals surface area (Å²) in [7, 11) is -3.25. The molecule has 0 unspecified atom stereocenters. The van der Waals surface area contributed by atoms with Crippen molar-refractivity contribution in [2.24, 2.45) is 10.2 Å². The van der Waals surface area contributed by atoms with E-state index < -0.39 is 14.6 Å². The van der Waals surface area contributed by atoms with Crippen LogP contribution in [0.2, 0.25) is 0 Å². The van der Waals surface area contributed by atoms with Gasteiger partial charge in [0.05, 0.1) is 4.75 Å². The van der Waals surface area contributed by atoms with Gasteiger partial charge in [0.25, 0.3) is 0 Å². The van der Waals surface area contributed by atoms with E-state index in [4.69, 9.17) is 0 Å². The summed E-state index contributed by atoms with van der Waals surface area (Å²) in [5.41, 5.74) is 0. The van der Waals surface area contributed by atoms with Gasteiger partial charge in [-0.3, -0.25) is 0 Å². The molecule has 0 aliphatic carbocycles. The Morgan fingerprint density at radius 3 is 2.33 bits per heavy atom. The molecular formula is C7H12N2O2S. The van der Waals surface area contributed by atoms with Gasteiger partial charge in [0.2, 0.25) is 0 Å². The van der Waals surface area contributed by atoms with Crippen LogP contribution in [0.15, 0.2) is 10.2 Å². The number of rotatable bonds is 0. The largest absolute Gasteiger partial charge is 0.222 e. The summed E-state index contributed by atoms with van der Waals surface area (Å²) in [5, 5.41) is 7.28. The van der Waals surface area contributed by atoms with Gasteiger partial charge in [0, 0.05) is 12.6 Å². The quantitative estimate of drug-likeness (QED) is 0.569. The minimum absolute atomic E-state index is 0.176. The van der Waals surface area contributed by atoms with Gasteiger partial charge >= 0.3 is 0 Å². The number of nitrogens with zero attached hydrogens (tertiary/aromatic N) is 2. The average Bonchev–Trinajstić information content (AvgIpc) is 2.34. The van der Waals surface area contributed by atoms with Gasteiger partial charge < -0.3 is 0 Å². The molecule has 68 valence electrons. The Balaban J connectivity index is 3.04. The van der Waals surface area contributed by atoms with Crippen molar-refractivity contribution in [2.45, 2.75) is 31.9 Å². The molecule has 5 heteroatoms. The molecule has 0 N–H and O–H groups in total. The standard InChI is InChI=1S/C7H12N2O2S/c1-7(2,3)12(10,11)6-4-5-8-9-6/h5H,4H2,1-3H3. The van der Waals surface area contributed by atoms with Crippen LogP contribution in [0.1, 0.15) is 27.2 Å². The van der Waals surface area contributed by atoms with Crippen LogP contribution < -0.4 is 0 Å². The maximum absolute atomic E-state index is 11.6. The summed E-state index contributed by atoms with van der Waals surface area (Å²) in [4.78, 5) is 0. The van der Waals surface area contributed by atoms with Crippen molar-refractivity contribution in [3.8, 4) is 0 Å². The second-order valence-corrected chi connectivity index (χ2v) is 6.31. The molecule has 0 aromatic heterocycles. The number of hydrogen-bond donors (Lipinski definition) is 0. The van der Waals surface area contributed by atoms with Crippen molar-refractivity contribution in [1.82, 2.24) is 0 Å². The summed E-state index contributed by atoms with van der Waals surface area (Å²) in [6, 6.07) is 0. The molecule has 0 amide bonds. The lowest BCUT2D eigenvalue weighted by Gasteiger charge is -2.17. The summed E-state index contributed by atoms with van der Waals surface area (Å²) in [5.74, 6) is 0. The van der Waals surface area contributed by atoms with Crippen LogP contribution in [-0.2, 0) is 9.84 Å². The maximum Gasteiger partial charge on any atom is 0.198 e. The van der Waals surface area contributed by atoms with Gasteiger partial charge in [-0.25, -0.2) is 8.42 Å². The molecule has 0 saturated carbocycles. The smallest absolute Gasteiger partial charge is 0.198 e. The van der Waals surface area contributed by atoms with Crippen LogP contribution in [-0.4, -0.2) is 24.4 Å². The highest BCUT2D eigenvalue weighted by Gasteiger charge is 2.34. The normalized spacial score (nSPS) is 18.1. The lowest BCUT2D eigenvalue weighted by Crippen LogP contribution is -2.33. The van der Waals surface area contributed by atoms with Crippen molar-refractivity contribution >= 4 is 21.1 Å². The van der Waals surface area contributed by atoms with Crippen molar-refractivity contribution in [3.05, 3.63) is 0 Å². The summed E-state index contributed by atoms with van der Waals surface area (Å²) in [6.45, 7) is 4.97. The first kappa shape index (κ1) is 9.38. The lowest BCUT2D eigenvalue weighted by atomic mass is 10.3. The van der Waals surface area contributed by atoms with E-state index in [1.165, 1.54) is 6.21 Å². The first-order valence-corrected chi connectivity index (χ1v) is 5.17. The van der Waals surface area contributed by atoms with Crippen LogP contribution in [0.4, 0.5) is 0 Å². The SMILES string of the molecule is CC(C)(C)S(=O)(=O)C1=NN=CC1. The highest BCUT2D eigenvalue weighted by atomic mass is 32.2. The molecule has 0 aromatic rings. The van der Waals surface area contributed by atoms with Gasteiger partial charge in [-0.1, -0.05) is 0 Å². The Kier molecular flexibility index (Phi) is 2.07. The fraction of sp³-hybridized carbons (Fsp3) is 0.714. The van der Waals surface area contributed by atoms with Crippen LogP contribution in [0.25, 0.3) is 0 Å². The molecule has 1 heterocycles. The number of sulfone groups is 1. The molecule has 0 saturated heterocycles. The Labute approximate surface area is 72.3 Å². The molecule has 0 aromatic carbocycles. The highest BCUT2D eigenvalue weighted by Crippen LogP contribution is 2.20. The molecule has 1 aliphatic rings. The van der Waals surface area contributed by atoms with Crippen molar-refractivity contribution < 1.29 is 8.42 Å². The van der Waals surface area contributed by atoms with Gasteiger partial charge in [0.1, 0.15) is 0 Å². The Morgan fingerprint density at radius 2 is 2.00 bits per heavy atom. The Hall–Kier alpha value is -0.710. The van der Waals surface area contributed by atoms with Crippen LogP contribution in [0.5, 0.6) is 0 Å². The van der Waals surface area contributed by atoms with Crippen LogP contribution >= 0.6 is 0 Å². The molecule has 4 nitrogen and oxygen atoms in total. The Morgan fingerprint density at radius 1 is 1.42 bits per heavy atom. The van der Waals surface area contributed by atoms with E-state index in [-0.39, 0.29) is 5.04 Å². The predicted molar refractivity (Wildman–Crippen MR) is 49.2 cm³/mol. The molecule has 12 heavy (non-hydrogen) atoms. The third-order valence-electron chi connectivity index (χ3n) is 1.63. The summed E-state index contributed by atoms with van der Waals surface area (Å²) < 4.78 is 22.5. The predicted octanol–water partition coefficient (Wildman–Crippen LogP) is 0.988. The van der Waals surface area contributed by atoms with E-state index in [0.717, 1.165) is 0 Å². The fourth-order valence-electron chi connectivity index (χ4n) is 0.782. The van der Waals surface area contributed by atoms with Gasteiger partial charge in [-0.15, -0.1) is 5.10 Å². The lowest BCUT2D eigenvalue weighted by molar-refractivity contribution is 0.572. The van der Waals surface area contributed by atoms with Crippen molar-refractivity contribution in [3.63, 3.8) is 0 Å². The van der Waals surface area contributed by atoms with Crippen LogP contribution in [0, 0.1) is 0 Å². The molecule has 0 fully saturated rings. The summed E-state index contributed by atoms with van der Waals surface area (Å²) >= 11 is 0. The fourth-order valence-corrected chi connectivity index (χ4v) is 1.94.